The second-order valence-corrected chi connectivity index (χ2v) is 3.35. The quantitative estimate of drug-likeness (QED) is 0.744. The predicted octanol–water partition coefficient (Wildman–Crippen LogP) is 1.62. The smallest absolute Gasteiger partial charge is 0.214 e. The lowest BCUT2D eigenvalue weighted by Gasteiger charge is -1.99. The molecule has 0 aromatic carbocycles. The summed E-state index contributed by atoms with van der Waals surface area (Å²) in [5, 5.41) is 7.64. The third-order valence-corrected chi connectivity index (χ3v) is 2.31. The maximum absolute atomic E-state index is 5.70. The number of rotatable bonds is 4. The number of halogens is 1. The molecule has 0 spiro atoms. The van der Waals surface area contributed by atoms with Crippen LogP contribution in [0.4, 0.5) is 0 Å². The first-order valence-electron chi connectivity index (χ1n) is 4.69. The summed E-state index contributed by atoms with van der Waals surface area (Å²) in [5.74, 6) is 2.58. The van der Waals surface area contributed by atoms with Crippen LogP contribution >= 0.6 is 11.6 Å². The molecule has 2 aromatic heterocycles. The molecule has 0 unspecified atom stereocenters. The van der Waals surface area contributed by atoms with E-state index in [1.807, 2.05) is 11.5 Å². The fraction of sp³-hybridized carbons (Fsp3) is 0.444. The van der Waals surface area contributed by atoms with Gasteiger partial charge >= 0.3 is 0 Å². The summed E-state index contributed by atoms with van der Waals surface area (Å²) < 4.78 is 7.29. The Morgan fingerprint density at radius 3 is 3.07 bits per heavy atom. The molecule has 2 heterocycles. The summed E-state index contributed by atoms with van der Waals surface area (Å²) in [6, 6.07) is 0. The van der Waals surface area contributed by atoms with Crippen LogP contribution in [0.25, 0.3) is 0 Å². The third kappa shape index (κ3) is 2.18. The summed E-state index contributed by atoms with van der Waals surface area (Å²) in [6.07, 6.45) is 4.20. The van der Waals surface area contributed by atoms with Crippen molar-refractivity contribution in [3.8, 4) is 0 Å². The fourth-order valence-corrected chi connectivity index (χ4v) is 1.45. The Hall–Kier alpha value is -1.36. The van der Waals surface area contributed by atoms with Gasteiger partial charge in [0.25, 0.3) is 0 Å². The van der Waals surface area contributed by atoms with Crippen molar-refractivity contribution in [2.75, 3.05) is 0 Å². The van der Waals surface area contributed by atoms with Gasteiger partial charge in [-0.25, -0.2) is 4.98 Å². The number of hydrogen-bond donors (Lipinski definition) is 0. The Morgan fingerprint density at radius 1 is 1.53 bits per heavy atom. The first-order valence-corrected chi connectivity index (χ1v) is 5.23. The van der Waals surface area contributed by atoms with Crippen LogP contribution in [0.15, 0.2) is 16.9 Å². The van der Waals surface area contributed by atoms with Gasteiger partial charge in [0.1, 0.15) is 24.5 Å². The molecule has 0 radical (unpaired) electrons. The molecular formula is C9H11ClN4O. The van der Waals surface area contributed by atoms with E-state index in [1.54, 1.807) is 12.5 Å². The molecule has 0 N–H and O–H groups in total. The molecule has 2 rings (SSSR count). The molecule has 15 heavy (non-hydrogen) atoms. The lowest BCUT2D eigenvalue weighted by molar-refractivity contribution is 0.444. The Kier molecular flexibility index (Phi) is 3.01. The van der Waals surface area contributed by atoms with Crippen molar-refractivity contribution >= 4 is 11.6 Å². The number of aryl methyl sites for hydroxylation is 1. The number of hydrogen-bond acceptors (Lipinski definition) is 4. The normalized spacial score (nSPS) is 10.8. The van der Waals surface area contributed by atoms with Crippen LogP contribution in [0.5, 0.6) is 0 Å². The first kappa shape index (κ1) is 10.2. The Balaban J connectivity index is 2.14. The van der Waals surface area contributed by atoms with Crippen LogP contribution in [0.1, 0.15) is 24.4 Å². The van der Waals surface area contributed by atoms with Gasteiger partial charge in [0.15, 0.2) is 0 Å². The van der Waals surface area contributed by atoms with Gasteiger partial charge in [-0.15, -0.1) is 21.8 Å². The molecule has 0 saturated carbocycles. The minimum atomic E-state index is 0.335. The van der Waals surface area contributed by atoms with E-state index in [2.05, 4.69) is 15.2 Å². The van der Waals surface area contributed by atoms with Crippen LogP contribution in [0, 0.1) is 0 Å². The predicted molar refractivity (Wildman–Crippen MR) is 54.6 cm³/mol. The van der Waals surface area contributed by atoms with E-state index in [4.69, 9.17) is 16.0 Å². The van der Waals surface area contributed by atoms with Crippen LogP contribution in [0.3, 0.4) is 0 Å². The average molecular weight is 227 g/mol. The van der Waals surface area contributed by atoms with Crippen molar-refractivity contribution in [3.05, 3.63) is 30.0 Å². The minimum absolute atomic E-state index is 0.335. The van der Waals surface area contributed by atoms with Crippen molar-refractivity contribution in [2.24, 2.45) is 0 Å². The van der Waals surface area contributed by atoms with E-state index in [9.17, 15) is 0 Å². The maximum atomic E-state index is 5.70. The van der Waals surface area contributed by atoms with Gasteiger partial charge in [-0.3, -0.25) is 0 Å². The highest BCUT2D eigenvalue weighted by atomic mass is 35.5. The van der Waals surface area contributed by atoms with E-state index >= 15 is 0 Å². The highest BCUT2D eigenvalue weighted by Gasteiger charge is 2.07. The maximum Gasteiger partial charge on any atom is 0.214 e. The van der Waals surface area contributed by atoms with Gasteiger partial charge in [0, 0.05) is 6.42 Å². The van der Waals surface area contributed by atoms with Gasteiger partial charge in [0.05, 0.1) is 12.1 Å². The minimum Gasteiger partial charge on any atom is -0.444 e. The number of oxazole rings is 1. The molecule has 0 aliphatic rings. The van der Waals surface area contributed by atoms with Gasteiger partial charge in [-0.2, -0.15) is 0 Å². The molecular weight excluding hydrogens is 216 g/mol. The molecule has 5 nitrogen and oxygen atoms in total. The van der Waals surface area contributed by atoms with E-state index in [1.165, 1.54) is 0 Å². The standard InChI is InChI=1S/C9H11ClN4O/c1-2-7-4-11-9(15-7)5-14-6-12-13-8(14)3-10/h4,6H,2-3,5H2,1H3. The van der Waals surface area contributed by atoms with Crippen molar-refractivity contribution in [1.29, 1.82) is 0 Å². The molecule has 0 amide bonds. The second kappa shape index (κ2) is 4.44. The highest BCUT2D eigenvalue weighted by Crippen LogP contribution is 2.08. The summed E-state index contributed by atoms with van der Waals surface area (Å²) in [5.41, 5.74) is 0. The molecule has 0 fully saturated rings. The van der Waals surface area contributed by atoms with Crippen LogP contribution in [-0.4, -0.2) is 19.7 Å². The largest absolute Gasteiger partial charge is 0.444 e. The number of nitrogens with zero attached hydrogens (tertiary/aromatic N) is 4. The highest BCUT2D eigenvalue weighted by molar-refractivity contribution is 6.16. The Labute approximate surface area is 92.1 Å². The SMILES string of the molecule is CCc1cnc(Cn2cnnc2CCl)o1. The van der Waals surface area contributed by atoms with Crippen molar-refractivity contribution in [1.82, 2.24) is 19.7 Å². The van der Waals surface area contributed by atoms with Crippen molar-refractivity contribution in [3.63, 3.8) is 0 Å². The molecule has 0 atom stereocenters. The summed E-state index contributed by atoms with van der Waals surface area (Å²) in [6.45, 7) is 2.54. The van der Waals surface area contributed by atoms with Crippen molar-refractivity contribution in [2.45, 2.75) is 25.8 Å². The molecule has 0 aliphatic carbocycles. The topological polar surface area (TPSA) is 56.7 Å². The Bertz CT molecular complexity index is 437. The Morgan fingerprint density at radius 2 is 2.40 bits per heavy atom. The molecule has 2 aromatic rings. The third-order valence-electron chi connectivity index (χ3n) is 2.07. The van der Waals surface area contributed by atoms with E-state index < -0.39 is 0 Å². The second-order valence-electron chi connectivity index (χ2n) is 3.08. The zero-order valence-corrected chi connectivity index (χ0v) is 9.11. The molecule has 0 saturated heterocycles. The number of aromatic nitrogens is 4. The molecule has 80 valence electrons. The lowest BCUT2D eigenvalue weighted by Crippen LogP contribution is -2.02. The van der Waals surface area contributed by atoms with Crippen molar-refractivity contribution < 1.29 is 4.42 Å². The lowest BCUT2D eigenvalue weighted by atomic mass is 10.4. The van der Waals surface area contributed by atoms with Gasteiger partial charge in [-0.1, -0.05) is 6.92 Å². The summed E-state index contributed by atoms with van der Waals surface area (Å²) in [7, 11) is 0. The summed E-state index contributed by atoms with van der Waals surface area (Å²) in [4.78, 5) is 4.15. The van der Waals surface area contributed by atoms with Crippen LogP contribution in [0.2, 0.25) is 0 Å². The molecule has 0 aliphatic heterocycles. The van der Waals surface area contributed by atoms with E-state index in [0.29, 0.717) is 24.1 Å². The van der Waals surface area contributed by atoms with Crippen LogP contribution < -0.4 is 0 Å². The average Bonchev–Trinajstić information content (AvgIpc) is 2.87. The summed E-state index contributed by atoms with van der Waals surface area (Å²) >= 11 is 5.70. The monoisotopic (exact) mass is 226 g/mol. The number of alkyl halides is 1. The molecule has 0 bridgehead atoms. The van der Waals surface area contributed by atoms with E-state index in [-0.39, 0.29) is 0 Å². The zero-order valence-electron chi connectivity index (χ0n) is 8.35. The fourth-order valence-electron chi connectivity index (χ4n) is 1.24. The van der Waals surface area contributed by atoms with Gasteiger partial charge < -0.3 is 8.98 Å². The van der Waals surface area contributed by atoms with Gasteiger partial charge in [0.2, 0.25) is 5.89 Å². The van der Waals surface area contributed by atoms with Crippen LogP contribution in [-0.2, 0) is 18.8 Å². The van der Waals surface area contributed by atoms with E-state index in [0.717, 1.165) is 12.2 Å². The zero-order chi connectivity index (χ0) is 10.7. The first-order chi connectivity index (χ1) is 7.33. The van der Waals surface area contributed by atoms with Gasteiger partial charge in [-0.05, 0) is 0 Å². The molecule has 6 heteroatoms.